The van der Waals surface area contributed by atoms with Crippen LogP contribution in [-0.2, 0) is 0 Å². The molecule has 1 saturated heterocycles. The molecule has 0 bridgehead atoms. The van der Waals surface area contributed by atoms with Crippen LogP contribution in [0.15, 0.2) is 0 Å². The summed E-state index contributed by atoms with van der Waals surface area (Å²) in [5.41, 5.74) is -0.962. The zero-order valence-corrected chi connectivity index (χ0v) is 9.65. The lowest BCUT2D eigenvalue weighted by molar-refractivity contribution is 0.0610. The molecule has 1 N–H and O–H groups in total. The van der Waals surface area contributed by atoms with E-state index in [9.17, 15) is 4.39 Å². The predicted molar refractivity (Wildman–Crippen MR) is 58.3 cm³/mol. The van der Waals surface area contributed by atoms with Gasteiger partial charge in [0, 0.05) is 25.7 Å². The maximum absolute atomic E-state index is 13.6. The van der Waals surface area contributed by atoms with Crippen molar-refractivity contribution in [3.8, 4) is 0 Å². The van der Waals surface area contributed by atoms with Gasteiger partial charge in [-0.1, -0.05) is 13.8 Å². The second kappa shape index (κ2) is 5.08. The standard InChI is InChI=1S/C11H23FN2/c1-10(2)13-6-8-14-7-4-5-11(3,12)9-14/h10,13H,4-9H2,1-3H3. The quantitative estimate of drug-likeness (QED) is 0.748. The van der Waals surface area contributed by atoms with Gasteiger partial charge in [-0.15, -0.1) is 0 Å². The predicted octanol–water partition coefficient (Wildman–Crippen LogP) is 1.81. The van der Waals surface area contributed by atoms with Crippen molar-refractivity contribution >= 4 is 0 Å². The Kier molecular flexibility index (Phi) is 4.32. The summed E-state index contributed by atoms with van der Waals surface area (Å²) in [7, 11) is 0. The van der Waals surface area contributed by atoms with E-state index in [0.717, 1.165) is 32.5 Å². The van der Waals surface area contributed by atoms with Crippen LogP contribution >= 0.6 is 0 Å². The van der Waals surface area contributed by atoms with Gasteiger partial charge in [-0.05, 0) is 26.3 Å². The molecule has 2 nitrogen and oxygen atoms in total. The first-order chi connectivity index (χ1) is 6.49. The zero-order chi connectivity index (χ0) is 10.6. The molecule has 84 valence electrons. The summed E-state index contributed by atoms with van der Waals surface area (Å²) < 4.78 is 13.6. The van der Waals surface area contributed by atoms with E-state index < -0.39 is 5.67 Å². The molecule has 1 heterocycles. The highest BCUT2D eigenvalue weighted by Gasteiger charge is 2.29. The van der Waals surface area contributed by atoms with Crippen molar-refractivity contribution < 1.29 is 4.39 Å². The largest absolute Gasteiger partial charge is 0.313 e. The van der Waals surface area contributed by atoms with Gasteiger partial charge in [0.2, 0.25) is 0 Å². The first kappa shape index (κ1) is 11.9. The first-order valence-electron chi connectivity index (χ1n) is 5.64. The summed E-state index contributed by atoms with van der Waals surface area (Å²) in [5.74, 6) is 0. The summed E-state index contributed by atoms with van der Waals surface area (Å²) in [6, 6.07) is 0.525. The van der Waals surface area contributed by atoms with Gasteiger partial charge < -0.3 is 5.32 Å². The molecule has 1 rings (SSSR count). The van der Waals surface area contributed by atoms with Crippen LogP contribution in [0.5, 0.6) is 0 Å². The van der Waals surface area contributed by atoms with E-state index in [1.807, 2.05) is 0 Å². The molecule has 0 spiro atoms. The molecule has 1 fully saturated rings. The van der Waals surface area contributed by atoms with Crippen molar-refractivity contribution in [2.45, 2.75) is 45.3 Å². The summed E-state index contributed by atoms with van der Waals surface area (Å²) in [6.45, 7) is 9.58. The van der Waals surface area contributed by atoms with E-state index >= 15 is 0 Å². The third-order valence-electron chi connectivity index (χ3n) is 2.71. The number of nitrogens with zero attached hydrogens (tertiary/aromatic N) is 1. The van der Waals surface area contributed by atoms with Crippen LogP contribution in [0.2, 0.25) is 0 Å². The van der Waals surface area contributed by atoms with Crippen LogP contribution in [0.25, 0.3) is 0 Å². The Morgan fingerprint density at radius 2 is 2.21 bits per heavy atom. The van der Waals surface area contributed by atoms with Gasteiger partial charge in [0.1, 0.15) is 5.67 Å². The van der Waals surface area contributed by atoms with Crippen LogP contribution in [0.1, 0.15) is 33.6 Å². The minimum absolute atomic E-state index is 0.525. The Morgan fingerprint density at radius 3 is 2.79 bits per heavy atom. The topological polar surface area (TPSA) is 15.3 Å². The molecule has 14 heavy (non-hydrogen) atoms. The number of alkyl halides is 1. The number of nitrogens with one attached hydrogen (secondary N) is 1. The second-order valence-electron chi connectivity index (χ2n) is 4.90. The average molecular weight is 202 g/mol. The highest BCUT2D eigenvalue weighted by molar-refractivity contribution is 4.83. The molecule has 1 aliphatic heterocycles. The van der Waals surface area contributed by atoms with Gasteiger partial charge in [0.25, 0.3) is 0 Å². The maximum atomic E-state index is 13.6. The average Bonchev–Trinajstić information content (AvgIpc) is 2.01. The van der Waals surface area contributed by atoms with Crippen molar-refractivity contribution in [2.75, 3.05) is 26.2 Å². The number of likely N-dealkylation sites (tertiary alicyclic amines) is 1. The fraction of sp³-hybridized carbons (Fsp3) is 1.00. The van der Waals surface area contributed by atoms with Crippen LogP contribution in [0.3, 0.4) is 0 Å². The van der Waals surface area contributed by atoms with E-state index in [0.29, 0.717) is 12.6 Å². The molecule has 1 unspecified atom stereocenters. The summed E-state index contributed by atoms with van der Waals surface area (Å²) in [5, 5.41) is 3.36. The van der Waals surface area contributed by atoms with Gasteiger partial charge in [-0.2, -0.15) is 0 Å². The Balaban J connectivity index is 2.18. The SMILES string of the molecule is CC(C)NCCN1CCCC(C)(F)C1. The van der Waals surface area contributed by atoms with Crippen molar-refractivity contribution in [2.24, 2.45) is 0 Å². The third-order valence-corrected chi connectivity index (χ3v) is 2.71. The van der Waals surface area contributed by atoms with Crippen LogP contribution in [0, 0.1) is 0 Å². The number of hydrogen-bond donors (Lipinski definition) is 1. The van der Waals surface area contributed by atoms with Gasteiger partial charge in [-0.3, -0.25) is 4.90 Å². The molecule has 0 aromatic rings. The van der Waals surface area contributed by atoms with Gasteiger partial charge in [0.05, 0.1) is 0 Å². The van der Waals surface area contributed by atoms with Crippen molar-refractivity contribution in [1.29, 1.82) is 0 Å². The van der Waals surface area contributed by atoms with Crippen LogP contribution in [-0.4, -0.2) is 42.8 Å². The normalized spacial score (nSPS) is 29.8. The van der Waals surface area contributed by atoms with Gasteiger partial charge in [0.15, 0.2) is 0 Å². The highest BCUT2D eigenvalue weighted by atomic mass is 19.1. The highest BCUT2D eigenvalue weighted by Crippen LogP contribution is 2.23. The van der Waals surface area contributed by atoms with E-state index in [4.69, 9.17) is 0 Å². The molecule has 0 aliphatic carbocycles. The lowest BCUT2D eigenvalue weighted by Crippen LogP contribution is -2.46. The first-order valence-corrected chi connectivity index (χ1v) is 5.64. The Labute approximate surface area is 86.9 Å². The molecule has 0 radical (unpaired) electrons. The van der Waals surface area contributed by atoms with Crippen molar-refractivity contribution in [3.05, 3.63) is 0 Å². The van der Waals surface area contributed by atoms with Crippen LogP contribution < -0.4 is 5.32 Å². The van der Waals surface area contributed by atoms with Crippen LogP contribution in [0.4, 0.5) is 4.39 Å². The molecule has 3 heteroatoms. The number of hydrogen-bond acceptors (Lipinski definition) is 2. The Hall–Kier alpha value is -0.150. The molecular formula is C11H23FN2. The van der Waals surface area contributed by atoms with E-state index in [1.54, 1.807) is 6.92 Å². The minimum Gasteiger partial charge on any atom is -0.313 e. The number of piperidine rings is 1. The van der Waals surface area contributed by atoms with E-state index in [2.05, 4.69) is 24.1 Å². The third kappa shape index (κ3) is 4.38. The number of halogens is 1. The summed E-state index contributed by atoms with van der Waals surface area (Å²) >= 11 is 0. The molecule has 0 aromatic heterocycles. The maximum Gasteiger partial charge on any atom is 0.120 e. The summed E-state index contributed by atoms with van der Waals surface area (Å²) in [6.07, 6.45) is 1.72. The van der Waals surface area contributed by atoms with Crippen molar-refractivity contribution in [1.82, 2.24) is 10.2 Å². The fourth-order valence-corrected chi connectivity index (χ4v) is 2.00. The van der Waals surface area contributed by atoms with E-state index in [-0.39, 0.29) is 0 Å². The number of rotatable bonds is 4. The molecule has 0 saturated carbocycles. The lowest BCUT2D eigenvalue weighted by atomic mass is 9.97. The Bertz CT molecular complexity index is 169. The smallest absolute Gasteiger partial charge is 0.120 e. The molecule has 0 amide bonds. The summed E-state index contributed by atoms with van der Waals surface area (Å²) in [4.78, 5) is 2.22. The molecule has 1 atom stereocenters. The Morgan fingerprint density at radius 1 is 1.50 bits per heavy atom. The molecule has 0 aromatic carbocycles. The molecular weight excluding hydrogens is 179 g/mol. The lowest BCUT2D eigenvalue weighted by Gasteiger charge is -2.35. The monoisotopic (exact) mass is 202 g/mol. The fourth-order valence-electron chi connectivity index (χ4n) is 2.00. The minimum atomic E-state index is -0.962. The second-order valence-corrected chi connectivity index (χ2v) is 4.90. The van der Waals surface area contributed by atoms with Gasteiger partial charge in [-0.25, -0.2) is 4.39 Å². The van der Waals surface area contributed by atoms with E-state index in [1.165, 1.54) is 0 Å². The molecule has 1 aliphatic rings. The van der Waals surface area contributed by atoms with Crippen molar-refractivity contribution in [3.63, 3.8) is 0 Å². The van der Waals surface area contributed by atoms with Gasteiger partial charge >= 0.3 is 0 Å². The zero-order valence-electron chi connectivity index (χ0n) is 9.65.